The summed E-state index contributed by atoms with van der Waals surface area (Å²) in [5.74, 6) is 1.22. The highest BCUT2D eigenvalue weighted by molar-refractivity contribution is 7.13. The predicted octanol–water partition coefficient (Wildman–Crippen LogP) is 4.06. The van der Waals surface area contributed by atoms with Crippen molar-refractivity contribution in [3.63, 3.8) is 0 Å². The van der Waals surface area contributed by atoms with Crippen molar-refractivity contribution >= 4 is 17.2 Å². The number of benzene rings is 1. The maximum Gasteiger partial charge on any atom is 0.261 e. The van der Waals surface area contributed by atoms with Gasteiger partial charge in [-0.2, -0.15) is 0 Å². The smallest absolute Gasteiger partial charge is 0.261 e. The summed E-state index contributed by atoms with van der Waals surface area (Å²) in [6.45, 7) is 5.88. The molecule has 1 atom stereocenters. The van der Waals surface area contributed by atoms with E-state index in [1.54, 1.807) is 0 Å². The molecule has 1 fully saturated rings. The molecule has 1 N–H and O–H groups in total. The van der Waals surface area contributed by atoms with Crippen LogP contribution in [0.15, 0.2) is 46.9 Å². The second-order valence-corrected chi connectivity index (χ2v) is 8.47. The van der Waals surface area contributed by atoms with Crippen molar-refractivity contribution in [2.45, 2.75) is 38.8 Å². The van der Waals surface area contributed by atoms with E-state index in [4.69, 9.17) is 4.42 Å². The second-order valence-electron chi connectivity index (χ2n) is 7.18. The molecule has 7 heteroatoms. The average molecular weight is 397 g/mol. The van der Waals surface area contributed by atoms with Gasteiger partial charge in [0.25, 0.3) is 5.91 Å². The molecule has 2 aromatic heterocycles. The Hall–Kier alpha value is -2.51. The topological polar surface area (TPSA) is 71.3 Å². The first kappa shape index (κ1) is 18.8. The first-order valence-corrected chi connectivity index (χ1v) is 10.4. The first-order valence-electron chi connectivity index (χ1n) is 9.60. The minimum Gasteiger partial charge on any atom is -0.419 e. The van der Waals surface area contributed by atoms with Crippen LogP contribution in [0.1, 0.15) is 46.2 Å². The largest absolute Gasteiger partial charge is 0.419 e. The minimum atomic E-state index is 0.0361. The Labute approximate surface area is 168 Å². The van der Waals surface area contributed by atoms with E-state index in [1.165, 1.54) is 11.3 Å². The fourth-order valence-corrected chi connectivity index (χ4v) is 4.27. The van der Waals surface area contributed by atoms with Crippen LogP contribution in [-0.4, -0.2) is 40.1 Å². The third kappa shape index (κ3) is 4.15. The molecule has 0 aliphatic carbocycles. The molecule has 4 rings (SSSR count). The Morgan fingerprint density at radius 1 is 1.18 bits per heavy atom. The maximum absolute atomic E-state index is 12.4. The van der Waals surface area contributed by atoms with Gasteiger partial charge in [-0.15, -0.1) is 21.5 Å². The van der Waals surface area contributed by atoms with Crippen LogP contribution >= 0.6 is 11.3 Å². The molecule has 6 nitrogen and oxygen atoms in total. The van der Waals surface area contributed by atoms with Gasteiger partial charge in [-0.3, -0.25) is 9.69 Å². The van der Waals surface area contributed by atoms with Crippen molar-refractivity contribution in [2.24, 2.45) is 0 Å². The lowest BCUT2D eigenvalue weighted by Crippen LogP contribution is -2.45. The molecular formula is C21H24N4O2S. The molecule has 146 valence electrons. The van der Waals surface area contributed by atoms with Gasteiger partial charge in [0.2, 0.25) is 11.8 Å². The lowest BCUT2D eigenvalue weighted by molar-refractivity contribution is 0.0889. The van der Waals surface area contributed by atoms with Gasteiger partial charge in [-0.1, -0.05) is 18.2 Å². The van der Waals surface area contributed by atoms with Gasteiger partial charge < -0.3 is 9.73 Å². The van der Waals surface area contributed by atoms with Crippen molar-refractivity contribution in [1.29, 1.82) is 0 Å². The highest BCUT2D eigenvalue weighted by Gasteiger charge is 2.27. The van der Waals surface area contributed by atoms with Gasteiger partial charge in [0.15, 0.2) is 0 Å². The van der Waals surface area contributed by atoms with Gasteiger partial charge in [0.1, 0.15) is 0 Å². The lowest BCUT2D eigenvalue weighted by atomic mass is 10.0. The van der Waals surface area contributed by atoms with E-state index in [0.717, 1.165) is 41.2 Å². The van der Waals surface area contributed by atoms with Gasteiger partial charge in [-0.25, -0.2) is 0 Å². The molecule has 1 aromatic carbocycles. The average Bonchev–Trinajstić information content (AvgIpc) is 3.38. The molecule has 0 radical (unpaired) electrons. The van der Waals surface area contributed by atoms with E-state index in [9.17, 15) is 4.79 Å². The molecule has 1 aliphatic heterocycles. The van der Waals surface area contributed by atoms with Crippen molar-refractivity contribution in [3.05, 3.63) is 58.1 Å². The number of likely N-dealkylation sites (tertiary alicyclic amines) is 1. The number of aryl methyl sites for hydroxylation is 1. The third-order valence-electron chi connectivity index (χ3n) is 5.20. The number of nitrogens with one attached hydrogen (secondary N) is 1. The van der Waals surface area contributed by atoms with E-state index in [-0.39, 0.29) is 18.0 Å². The van der Waals surface area contributed by atoms with E-state index >= 15 is 0 Å². The van der Waals surface area contributed by atoms with Crippen LogP contribution < -0.4 is 5.32 Å². The number of piperidine rings is 1. The zero-order valence-corrected chi connectivity index (χ0v) is 16.9. The van der Waals surface area contributed by atoms with Crippen LogP contribution in [0.5, 0.6) is 0 Å². The summed E-state index contributed by atoms with van der Waals surface area (Å²) in [6, 6.07) is 14.0. The molecule has 3 heterocycles. The Balaban J connectivity index is 1.32. The lowest BCUT2D eigenvalue weighted by Gasteiger charge is -2.34. The highest BCUT2D eigenvalue weighted by Crippen LogP contribution is 2.26. The number of carbonyl (C=O) groups excluding carboxylic acids is 1. The molecule has 0 spiro atoms. The molecule has 1 aliphatic rings. The van der Waals surface area contributed by atoms with E-state index in [2.05, 4.69) is 27.3 Å². The van der Waals surface area contributed by atoms with Crippen LogP contribution in [0, 0.1) is 6.92 Å². The number of rotatable bonds is 5. The van der Waals surface area contributed by atoms with Crippen molar-refractivity contribution < 1.29 is 9.21 Å². The summed E-state index contributed by atoms with van der Waals surface area (Å²) >= 11 is 1.54. The van der Waals surface area contributed by atoms with Crippen LogP contribution in [0.4, 0.5) is 0 Å². The van der Waals surface area contributed by atoms with Gasteiger partial charge in [0.05, 0.1) is 10.9 Å². The minimum absolute atomic E-state index is 0.0361. The van der Waals surface area contributed by atoms with E-state index in [0.29, 0.717) is 11.8 Å². The SMILES string of the molecule is Cc1ccc(C(=O)NC2CCN(C(C)c3nnc(-c4ccccc4)o3)CC2)s1. The zero-order chi connectivity index (χ0) is 19.5. The Kier molecular flexibility index (Phi) is 5.54. The monoisotopic (exact) mass is 396 g/mol. The van der Waals surface area contributed by atoms with Gasteiger partial charge in [0, 0.05) is 29.6 Å². The molecule has 1 saturated heterocycles. The first-order chi connectivity index (χ1) is 13.6. The number of hydrogen-bond donors (Lipinski definition) is 1. The maximum atomic E-state index is 12.4. The number of nitrogens with zero attached hydrogens (tertiary/aromatic N) is 3. The zero-order valence-electron chi connectivity index (χ0n) is 16.1. The number of aromatic nitrogens is 2. The Morgan fingerprint density at radius 3 is 2.61 bits per heavy atom. The van der Waals surface area contributed by atoms with E-state index < -0.39 is 0 Å². The number of thiophene rings is 1. The van der Waals surface area contributed by atoms with Crippen molar-refractivity contribution in [2.75, 3.05) is 13.1 Å². The summed E-state index contributed by atoms with van der Waals surface area (Å²) in [4.78, 5) is 16.6. The van der Waals surface area contributed by atoms with Crippen LogP contribution in [0.25, 0.3) is 11.5 Å². The van der Waals surface area contributed by atoms with Crippen molar-refractivity contribution in [1.82, 2.24) is 20.4 Å². The van der Waals surface area contributed by atoms with Crippen molar-refractivity contribution in [3.8, 4) is 11.5 Å². The summed E-state index contributed by atoms with van der Waals surface area (Å²) in [6.07, 6.45) is 1.83. The standard InChI is InChI=1S/C21H24N4O2S/c1-14-8-9-18(28-14)19(26)22-17-10-12-25(13-11-17)15(2)20-23-24-21(27-20)16-6-4-3-5-7-16/h3-9,15,17H,10-13H2,1-2H3,(H,22,26). The van der Waals surface area contributed by atoms with Gasteiger partial charge in [-0.05, 0) is 51.0 Å². The molecule has 28 heavy (non-hydrogen) atoms. The summed E-state index contributed by atoms with van der Waals surface area (Å²) in [7, 11) is 0. The van der Waals surface area contributed by atoms with Crippen LogP contribution in [0.2, 0.25) is 0 Å². The summed E-state index contributed by atoms with van der Waals surface area (Å²) in [5.41, 5.74) is 0.929. The molecule has 0 bridgehead atoms. The third-order valence-corrected chi connectivity index (χ3v) is 6.19. The number of amides is 1. The highest BCUT2D eigenvalue weighted by atomic mass is 32.1. The predicted molar refractivity (Wildman–Crippen MR) is 109 cm³/mol. The molecule has 1 unspecified atom stereocenters. The molecule has 0 saturated carbocycles. The number of carbonyl (C=O) groups is 1. The Morgan fingerprint density at radius 2 is 1.93 bits per heavy atom. The second kappa shape index (κ2) is 8.24. The van der Waals surface area contributed by atoms with Crippen LogP contribution in [-0.2, 0) is 0 Å². The molecular weight excluding hydrogens is 372 g/mol. The molecule has 3 aromatic rings. The summed E-state index contributed by atoms with van der Waals surface area (Å²) < 4.78 is 5.90. The molecule has 1 amide bonds. The van der Waals surface area contributed by atoms with Crippen LogP contribution in [0.3, 0.4) is 0 Å². The fraction of sp³-hybridized carbons (Fsp3) is 0.381. The normalized spacial score (nSPS) is 16.8. The van der Waals surface area contributed by atoms with Gasteiger partial charge >= 0.3 is 0 Å². The fourth-order valence-electron chi connectivity index (χ4n) is 3.50. The Bertz CT molecular complexity index is 929. The van der Waals surface area contributed by atoms with E-state index in [1.807, 2.05) is 49.4 Å². The number of hydrogen-bond acceptors (Lipinski definition) is 6. The summed E-state index contributed by atoms with van der Waals surface area (Å²) in [5, 5.41) is 11.6. The quantitative estimate of drug-likeness (QED) is 0.704.